The molecule has 0 saturated heterocycles. The lowest BCUT2D eigenvalue weighted by atomic mass is 10.1. The molecule has 0 unspecified atom stereocenters. The van der Waals surface area contributed by atoms with Crippen LogP contribution in [-0.4, -0.2) is 23.7 Å². The second-order valence-electron chi connectivity index (χ2n) is 4.34. The summed E-state index contributed by atoms with van der Waals surface area (Å²) in [6, 6.07) is 7.91. The van der Waals surface area contributed by atoms with E-state index in [1.807, 2.05) is 26.0 Å². The molecule has 2 aromatic rings. The zero-order valence-electron chi connectivity index (χ0n) is 12.0. The Hall–Kier alpha value is -2.30. The Balaban J connectivity index is 2.06. The van der Waals surface area contributed by atoms with Crippen molar-refractivity contribution in [1.29, 1.82) is 0 Å². The van der Waals surface area contributed by atoms with E-state index >= 15 is 0 Å². The molecule has 20 heavy (non-hydrogen) atoms. The smallest absolute Gasteiger partial charge is 0.218 e. The molecule has 1 aromatic carbocycles. The molecular weight excluding hydrogens is 254 g/mol. The van der Waals surface area contributed by atoms with E-state index in [2.05, 4.69) is 21.4 Å². The number of nitrogens with zero attached hydrogens (tertiary/aromatic N) is 2. The summed E-state index contributed by atoms with van der Waals surface area (Å²) in [5.74, 6) is 2.17. The van der Waals surface area contributed by atoms with Gasteiger partial charge in [-0.2, -0.15) is 0 Å². The highest BCUT2D eigenvalue weighted by Gasteiger charge is 2.04. The Bertz CT molecular complexity index is 573. The second kappa shape index (κ2) is 6.75. The lowest BCUT2D eigenvalue weighted by Gasteiger charge is -2.11. The van der Waals surface area contributed by atoms with Crippen LogP contribution in [0.2, 0.25) is 0 Å². The number of anilines is 1. The average Bonchev–Trinajstić information content (AvgIpc) is 2.46. The van der Waals surface area contributed by atoms with Gasteiger partial charge in [-0.1, -0.05) is 12.1 Å². The van der Waals surface area contributed by atoms with Crippen molar-refractivity contribution < 1.29 is 9.47 Å². The van der Waals surface area contributed by atoms with Gasteiger partial charge in [0.05, 0.1) is 13.7 Å². The third-order valence-electron chi connectivity index (χ3n) is 2.84. The fourth-order valence-electron chi connectivity index (χ4n) is 1.85. The third-order valence-corrected chi connectivity index (χ3v) is 2.84. The summed E-state index contributed by atoms with van der Waals surface area (Å²) in [6.07, 6.45) is 1.49. The van der Waals surface area contributed by atoms with Crippen molar-refractivity contribution in [1.82, 2.24) is 9.97 Å². The van der Waals surface area contributed by atoms with E-state index in [-0.39, 0.29) is 0 Å². The fraction of sp³-hybridized carbons (Fsp3) is 0.333. The van der Waals surface area contributed by atoms with Gasteiger partial charge in [0.25, 0.3) is 0 Å². The van der Waals surface area contributed by atoms with Gasteiger partial charge in [-0.3, -0.25) is 0 Å². The normalized spacial score (nSPS) is 10.2. The molecule has 0 fully saturated rings. The van der Waals surface area contributed by atoms with Crippen LogP contribution in [0.25, 0.3) is 0 Å². The molecular formula is C15H19N3O2. The van der Waals surface area contributed by atoms with Crippen LogP contribution in [0.1, 0.15) is 18.1 Å². The van der Waals surface area contributed by atoms with Gasteiger partial charge < -0.3 is 14.8 Å². The van der Waals surface area contributed by atoms with Gasteiger partial charge in [0.2, 0.25) is 5.88 Å². The topological polar surface area (TPSA) is 56.3 Å². The minimum atomic E-state index is 0.570. The third kappa shape index (κ3) is 3.60. The predicted octanol–water partition coefficient (Wildman–Crippen LogP) is 2.80. The maximum atomic E-state index is 5.38. The summed E-state index contributed by atoms with van der Waals surface area (Å²) >= 11 is 0. The molecule has 5 nitrogen and oxygen atoms in total. The summed E-state index contributed by atoms with van der Waals surface area (Å²) in [5, 5.41) is 3.24. The maximum absolute atomic E-state index is 5.38. The van der Waals surface area contributed by atoms with Crippen LogP contribution >= 0.6 is 0 Å². The molecule has 5 heteroatoms. The molecule has 0 aliphatic carbocycles. The number of aryl methyl sites for hydroxylation is 1. The first-order valence-electron chi connectivity index (χ1n) is 6.55. The van der Waals surface area contributed by atoms with Crippen molar-refractivity contribution in [2.24, 2.45) is 0 Å². The summed E-state index contributed by atoms with van der Waals surface area (Å²) in [5.41, 5.74) is 2.25. The van der Waals surface area contributed by atoms with E-state index in [0.717, 1.165) is 17.1 Å². The van der Waals surface area contributed by atoms with E-state index in [4.69, 9.17) is 9.47 Å². The molecule has 1 heterocycles. The average molecular weight is 273 g/mol. The van der Waals surface area contributed by atoms with Crippen LogP contribution in [0.5, 0.6) is 11.6 Å². The molecule has 1 aromatic heterocycles. The summed E-state index contributed by atoms with van der Waals surface area (Å²) in [4.78, 5) is 8.20. The van der Waals surface area contributed by atoms with Crippen molar-refractivity contribution in [3.05, 3.63) is 41.7 Å². The van der Waals surface area contributed by atoms with Crippen LogP contribution in [0.4, 0.5) is 5.82 Å². The zero-order valence-corrected chi connectivity index (χ0v) is 12.0. The fourth-order valence-corrected chi connectivity index (χ4v) is 1.85. The highest BCUT2D eigenvalue weighted by atomic mass is 16.5. The van der Waals surface area contributed by atoms with Gasteiger partial charge >= 0.3 is 0 Å². The van der Waals surface area contributed by atoms with E-state index in [0.29, 0.717) is 19.0 Å². The monoisotopic (exact) mass is 273 g/mol. The molecule has 0 aliphatic heterocycles. The molecule has 0 bridgehead atoms. The van der Waals surface area contributed by atoms with Crippen LogP contribution < -0.4 is 14.8 Å². The quantitative estimate of drug-likeness (QED) is 0.877. The predicted molar refractivity (Wildman–Crippen MR) is 78.3 cm³/mol. The highest BCUT2D eigenvalue weighted by molar-refractivity contribution is 5.42. The molecule has 0 aliphatic rings. The Morgan fingerprint density at radius 1 is 1.20 bits per heavy atom. The van der Waals surface area contributed by atoms with Gasteiger partial charge in [-0.25, -0.2) is 9.97 Å². The summed E-state index contributed by atoms with van der Waals surface area (Å²) < 4.78 is 10.7. The van der Waals surface area contributed by atoms with Gasteiger partial charge in [0, 0.05) is 18.2 Å². The Labute approximate surface area is 119 Å². The maximum Gasteiger partial charge on any atom is 0.218 e. The Morgan fingerprint density at radius 3 is 2.80 bits per heavy atom. The van der Waals surface area contributed by atoms with E-state index in [9.17, 15) is 0 Å². The SMILES string of the molecule is CCOc1cc(NCc2ccc(C)cc2OC)ncn1. The summed E-state index contributed by atoms with van der Waals surface area (Å²) in [7, 11) is 1.68. The van der Waals surface area contributed by atoms with Crippen molar-refractivity contribution in [2.45, 2.75) is 20.4 Å². The molecule has 1 N–H and O–H groups in total. The van der Waals surface area contributed by atoms with Crippen molar-refractivity contribution >= 4 is 5.82 Å². The Kier molecular flexibility index (Phi) is 4.76. The number of rotatable bonds is 6. The van der Waals surface area contributed by atoms with Crippen molar-refractivity contribution in [3.63, 3.8) is 0 Å². The first-order chi connectivity index (χ1) is 9.72. The van der Waals surface area contributed by atoms with Gasteiger partial charge in [-0.15, -0.1) is 0 Å². The lowest BCUT2D eigenvalue weighted by molar-refractivity contribution is 0.326. The highest BCUT2D eigenvalue weighted by Crippen LogP contribution is 2.21. The van der Waals surface area contributed by atoms with Crippen LogP contribution in [-0.2, 0) is 6.54 Å². The molecule has 0 saturated carbocycles. The first kappa shape index (κ1) is 14.1. The number of nitrogens with one attached hydrogen (secondary N) is 1. The number of methoxy groups -OCH3 is 1. The number of aromatic nitrogens is 2. The van der Waals surface area contributed by atoms with Crippen LogP contribution in [0.3, 0.4) is 0 Å². The van der Waals surface area contributed by atoms with Gasteiger partial charge in [0.1, 0.15) is 17.9 Å². The van der Waals surface area contributed by atoms with E-state index in [1.54, 1.807) is 13.2 Å². The summed E-state index contributed by atoms with van der Waals surface area (Å²) in [6.45, 7) is 5.18. The Morgan fingerprint density at radius 2 is 2.05 bits per heavy atom. The number of hydrogen-bond donors (Lipinski definition) is 1. The molecule has 106 valence electrons. The van der Waals surface area contributed by atoms with Crippen LogP contribution in [0.15, 0.2) is 30.6 Å². The molecule has 0 atom stereocenters. The van der Waals surface area contributed by atoms with Crippen molar-refractivity contribution in [2.75, 3.05) is 19.0 Å². The second-order valence-corrected chi connectivity index (χ2v) is 4.34. The lowest BCUT2D eigenvalue weighted by Crippen LogP contribution is -2.04. The van der Waals surface area contributed by atoms with E-state index < -0.39 is 0 Å². The number of hydrogen-bond acceptors (Lipinski definition) is 5. The standard InChI is InChI=1S/C15H19N3O2/c1-4-20-15-8-14(17-10-18-15)16-9-12-6-5-11(2)7-13(12)19-3/h5-8,10H,4,9H2,1-3H3,(H,16,17,18). The van der Waals surface area contributed by atoms with Gasteiger partial charge in [0.15, 0.2) is 0 Å². The number of benzene rings is 1. The minimum absolute atomic E-state index is 0.570. The van der Waals surface area contributed by atoms with Crippen LogP contribution in [0, 0.1) is 6.92 Å². The van der Waals surface area contributed by atoms with Crippen molar-refractivity contribution in [3.8, 4) is 11.6 Å². The molecule has 0 radical (unpaired) electrons. The molecule has 0 amide bonds. The van der Waals surface area contributed by atoms with E-state index in [1.165, 1.54) is 11.9 Å². The largest absolute Gasteiger partial charge is 0.496 e. The molecule has 2 rings (SSSR count). The molecule has 0 spiro atoms. The minimum Gasteiger partial charge on any atom is -0.496 e. The van der Waals surface area contributed by atoms with Gasteiger partial charge in [-0.05, 0) is 25.5 Å². The number of ether oxygens (including phenoxy) is 2. The first-order valence-corrected chi connectivity index (χ1v) is 6.55. The zero-order chi connectivity index (χ0) is 14.4.